The predicted molar refractivity (Wildman–Crippen MR) is 60.4 cm³/mol. The van der Waals surface area contributed by atoms with Crippen molar-refractivity contribution in [3.63, 3.8) is 0 Å². The third-order valence-electron chi connectivity index (χ3n) is 1.21. The Balaban J connectivity index is 0. The van der Waals surface area contributed by atoms with Crippen LogP contribution in [-0.2, 0) is 7.05 Å². The fourth-order valence-electron chi connectivity index (χ4n) is 0.615. The molecule has 1 heterocycles. The van der Waals surface area contributed by atoms with Gasteiger partial charge in [0.15, 0.2) is 0 Å². The van der Waals surface area contributed by atoms with Gasteiger partial charge in [-0.1, -0.05) is 34.3 Å². The highest BCUT2D eigenvalue weighted by Gasteiger charge is 1.97. The molecule has 0 atom stereocenters. The molecule has 2 N–H and O–H groups in total. The maximum Gasteiger partial charge on any atom is 0.130 e. The van der Waals surface area contributed by atoms with Gasteiger partial charge in [0.05, 0.1) is 6.33 Å². The summed E-state index contributed by atoms with van der Waals surface area (Å²) in [6.07, 6.45) is 3.29. The van der Waals surface area contributed by atoms with Gasteiger partial charge in [-0.05, 0) is 6.08 Å². The molecule has 0 unspecified atom stereocenters. The van der Waals surface area contributed by atoms with Gasteiger partial charge in [0.2, 0.25) is 0 Å². The third kappa shape index (κ3) is 4.35. The molecule has 3 heteroatoms. The van der Waals surface area contributed by atoms with Crippen LogP contribution < -0.4 is 5.73 Å². The molecule has 13 heavy (non-hydrogen) atoms. The number of imidazole rings is 1. The maximum atomic E-state index is 5.54. The van der Waals surface area contributed by atoms with Gasteiger partial charge in [-0.25, -0.2) is 4.98 Å². The molecule has 0 aliphatic rings. The number of anilines is 1. The largest absolute Gasteiger partial charge is 0.383 e. The molecule has 0 aromatic carbocycles. The number of rotatable bonds is 1. The third-order valence-corrected chi connectivity index (χ3v) is 1.21. The first-order valence-corrected chi connectivity index (χ1v) is 4.65. The number of aryl methyl sites for hydroxylation is 1. The van der Waals surface area contributed by atoms with Gasteiger partial charge < -0.3 is 10.3 Å². The van der Waals surface area contributed by atoms with Crippen LogP contribution in [0.5, 0.6) is 0 Å². The number of nitrogens with two attached hydrogens (primary N) is 1. The first-order valence-electron chi connectivity index (χ1n) is 4.65. The van der Waals surface area contributed by atoms with E-state index in [4.69, 9.17) is 5.73 Å². The van der Waals surface area contributed by atoms with Crippen molar-refractivity contribution in [3.8, 4) is 0 Å². The number of hydrogen-bond acceptors (Lipinski definition) is 2. The lowest BCUT2D eigenvalue weighted by molar-refractivity contribution is 0.925. The molecule has 0 aliphatic carbocycles. The summed E-state index contributed by atoms with van der Waals surface area (Å²) in [5.41, 5.74) is 6.29. The van der Waals surface area contributed by atoms with E-state index in [0.717, 1.165) is 5.69 Å². The van der Waals surface area contributed by atoms with E-state index in [1.165, 1.54) is 0 Å². The molecule has 0 spiro atoms. The van der Waals surface area contributed by atoms with Crippen molar-refractivity contribution in [2.75, 3.05) is 5.73 Å². The van der Waals surface area contributed by atoms with Gasteiger partial charge >= 0.3 is 0 Å². The van der Waals surface area contributed by atoms with E-state index < -0.39 is 0 Å². The summed E-state index contributed by atoms with van der Waals surface area (Å²) in [7, 11) is 1.84. The van der Waals surface area contributed by atoms with Crippen molar-refractivity contribution < 1.29 is 0 Å². The van der Waals surface area contributed by atoms with Crippen LogP contribution in [0.2, 0.25) is 0 Å². The number of nitrogens with zero attached hydrogens (tertiary/aromatic N) is 2. The van der Waals surface area contributed by atoms with Gasteiger partial charge in [-0.2, -0.15) is 0 Å². The van der Waals surface area contributed by atoms with Crippen LogP contribution in [0.15, 0.2) is 12.9 Å². The van der Waals surface area contributed by atoms with Gasteiger partial charge in [0.1, 0.15) is 11.5 Å². The monoisotopic (exact) mass is 183 g/mol. The zero-order valence-electron chi connectivity index (χ0n) is 9.33. The Bertz CT molecular complexity index is 226. The summed E-state index contributed by atoms with van der Waals surface area (Å²) in [5.74, 6) is 0.657. The van der Waals surface area contributed by atoms with E-state index >= 15 is 0 Å². The van der Waals surface area contributed by atoms with Gasteiger partial charge in [0.25, 0.3) is 0 Å². The minimum Gasteiger partial charge on any atom is -0.383 e. The zero-order valence-corrected chi connectivity index (χ0v) is 9.33. The molecule has 0 fully saturated rings. The molecule has 0 radical (unpaired) electrons. The summed E-state index contributed by atoms with van der Waals surface area (Å²) in [6, 6.07) is 0. The Hall–Kier alpha value is -1.25. The first-order chi connectivity index (χ1) is 6.25. The lowest BCUT2D eigenvalue weighted by Crippen LogP contribution is -1.95. The van der Waals surface area contributed by atoms with Crippen LogP contribution in [-0.4, -0.2) is 9.55 Å². The van der Waals surface area contributed by atoms with Crippen LogP contribution in [0.4, 0.5) is 5.82 Å². The van der Waals surface area contributed by atoms with Crippen molar-refractivity contribution in [2.45, 2.75) is 27.7 Å². The van der Waals surface area contributed by atoms with Crippen LogP contribution in [0.1, 0.15) is 33.4 Å². The van der Waals surface area contributed by atoms with E-state index in [2.05, 4.69) is 11.6 Å². The Morgan fingerprint density at radius 3 is 2.00 bits per heavy atom. The topological polar surface area (TPSA) is 43.8 Å². The molecule has 0 bridgehead atoms. The average Bonchev–Trinajstić information content (AvgIpc) is 2.54. The minimum absolute atomic E-state index is 0.657. The fraction of sp³-hybridized carbons (Fsp3) is 0.500. The molecule has 0 amide bonds. The summed E-state index contributed by atoms with van der Waals surface area (Å²) >= 11 is 0. The van der Waals surface area contributed by atoms with Crippen molar-refractivity contribution in [1.29, 1.82) is 0 Å². The number of hydrogen-bond donors (Lipinski definition) is 1. The molecule has 1 aromatic heterocycles. The molecule has 0 aliphatic heterocycles. The Labute approximate surface area is 81.3 Å². The second kappa shape index (κ2) is 8.84. The van der Waals surface area contributed by atoms with Crippen molar-refractivity contribution in [2.24, 2.45) is 7.05 Å². The summed E-state index contributed by atoms with van der Waals surface area (Å²) in [4.78, 5) is 3.95. The quantitative estimate of drug-likeness (QED) is 0.727. The second-order valence-corrected chi connectivity index (χ2v) is 1.83. The Morgan fingerprint density at radius 2 is 1.85 bits per heavy atom. The summed E-state index contributed by atoms with van der Waals surface area (Å²) < 4.78 is 1.75. The van der Waals surface area contributed by atoms with Crippen LogP contribution in [0.3, 0.4) is 0 Å². The van der Waals surface area contributed by atoms with Gasteiger partial charge in [-0.15, -0.1) is 0 Å². The summed E-state index contributed by atoms with van der Waals surface area (Å²) in [5, 5.41) is 0. The van der Waals surface area contributed by atoms with Gasteiger partial charge in [0, 0.05) is 7.05 Å². The normalized spacial score (nSPS) is 7.46. The number of aromatic nitrogens is 2. The van der Waals surface area contributed by atoms with Crippen LogP contribution in [0.25, 0.3) is 6.08 Å². The molecule has 0 saturated heterocycles. The van der Waals surface area contributed by atoms with E-state index in [-0.39, 0.29) is 0 Å². The first kappa shape index (κ1) is 14.3. The SMILES string of the molecule is C=Cc1ncn(C)c1N.CC.CC. The van der Waals surface area contributed by atoms with Crippen molar-refractivity contribution >= 4 is 11.9 Å². The molecular formula is C10H21N3. The lowest BCUT2D eigenvalue weighted by atomic mass is 10.4. The van der Waals surface area contributed by atoms with E-state index in [1.54, 1.807) is 17.0 Å². The van der Waals surface area contributed by atoms with E-state index in [0.29, 0.717) is 5.82 Å². The van der Waals surface area contributed by atoms with Crippen LogP contribution >= 0.6 is 0 Å². The van der Waals surface area contributed by atoms with Gasteiger partial charge in [-0.3, -0.25) is 0 Å². The van der Waals surface area contributed by atoms with Crippen molar-refractivity contribution in [3.05, 3.63) is 18.6 Å². The highest BCUT2D eigenvalue weighted by atomic mass is 15.1. The van der Waals surface area contributed by atoms with E-state index in [1.807, 2.05) is 34.7 Å². The molecule has 0 saturated carbocycles. The Morgan fingerprint density at radius 1 is 1.38 bits per heavy atom. The molecular weight excluding hydrogens is 162 g/mol. The smallest absolute Gasteiger partial charge is 0.130 e. The molecule has 76 valence electrons. The second-order valence-electron chi connectivity index (χ2n) is 1.83. The molecule has 3 nitrogen and oxygen atoms in total. The standard InChI is InChI=1S/C6H9N3.2C2H6/c1-3-5-6(7)9(2)4-8-5;2*1-2/h3-4H,1,7H2,2H3;2*1-2H3. The molecule has 1 rings (SSSR count). The van der Waals surface area contributed by atoms with Crippen molar-refractivity contribution in [1.82, 2.24) is 9.55 Å². The fourth-order valence-corrected chi connectivity index (χ4v) is 0.615. The predicted octanol–water partition coefficient (Wildman–Crippen LogP) is 2.70. The Kier molecular flexibility index (Phi) is 9.72. The highest BCUT2D eigenvalue weighted by Crippen LogP contribution is 2.07. The summed E-state index contributed by atoms with van der Waals surface area (Å²) in [6.45, 7) is 11.5. The van der Waals surface area contributed by atoms with E-state index in [9.17, 15) is 0 Å². The maximum absolute atomic E-state index is 5.54. The lowest BCUT2D eigenvalue weighted by Gasteiger charge is -1.91. The minimum atomic E-state index is 0.657. The number of nitrogen functional groups attached to an aromatic ring is 1. The average molecular weight is 183 g/mol. The highest BCUT2D eigenvalue weighted by molar-refractivity contribution is 5.55. The molecule has 1 aromatic rings. The van der Waals surface area contributed by atoms with Crippen LogP contribution in [0, 0.1) is 0 Å². The zero-order chi connectivity index (χ0) is 10.9.